The summed E-state index contributed by atoms with van der Waals surface area (Å²) < 4.78 is 34.9. The fourth-order valence-electron chi connectivity index (χ4n) is 2.73. The molecule has 27 heavy (non-hydrogen) atoms. The molecule has 2 aromatic carbocycles. The molecule has 142 valence electrons. The number of methoxy groups -OCH3 is 1. The summed E-state index contributed by atoms with van der Waals surface area (Å²) in [5, 5.41) is 10.4. The molecule has 3 rings (SSSR count). The molecule has 0 saturated carbocycles. The lowest BCUT2D eigenvalue weighted by Crippen LogP contribution is -2.14. The van der Waals surface area contributed by atoms with E-state index in [0.717, 1.165) is 5.56 Å². The summed E-state index contributed by atoms with van der Waals surface area (Å²) in [7, 11) is -0.593. The smallest absolute Gasteiger partial charge is 0.265 e. The average molecular weight is 387 g/mol. The van der Waals surface area contributed by atoms with E-state index in [-0.39, 0.29) is 10.6 Å². The number of aromatic nitrogens is 2. The van der Waals surface area contributed by atoms with Crippen LogP contribution in [-0.4, -0.2) is 30.2 Å². The third-order valence-electron chi connectivity index (χ3n) is 4.19. The van der Waals surface area contributed by atoms with Gasteiger partial charge in [-0.15, -0.1) is 0 Å². The normalized spacial score (nSPS) is 12.6. The Hall–Kier alpha value is -2.84. The van der Waals surface area contributed by atoms with Crippen molar-refractivity contribution in [3.05, 3.63) is 71.8 Å². The molecule has 0 aliphatic carbocycles. The van der Waals surface area contributed by atoms with Crippen LogP contribution in [0.3, 0.4) is 0 Å². The van der Waals surface area contributed by atoms with Crippen LogP contribution < -0.4 is 9.46 Å². The summed E-state index contributed by atoms with van der Waals surface area (Å²) in [5.74, 6) is 0.780. The minimum Gasteiger partial charge on any atom is -0.495 e. The lowest BCUT2D eigenvalue weighted by atomic mass is 10.1. The molecule has 0 bridgehead atoms. The lowest BCUT2D eigenvalue weighted by molar-refractivity contribution is 0.206. The molecule has 1 aromatic heterocycles. The predicted octanol–water partition coefficient (Wildman–Crippen LogP) is 2.62. The van der Waals surface area contributed by atoms with E-state index in [1.165, 1.54) is 7.11 Å². The number of sulfonamides is 1. The molecule has 0 fully saturated rings. The van der Waals surface area contributed by atoms with E-state index < -0.39 is 16.1 Å². The van der Waals surface area contributed by atoms with Crippen molar-refractivity contribution in [3.63, 3.8) is 0 Å². The molecule has 3 aromatic rings. The molecule has 8 heteroatoms. The van der Waals surface area contributed by atoms with E-state index in [4.69, 9.17) is 4.74 Å². The standard InChI is InChI=1S/C19H21N3O4S/c1-13-4-9-16(26-3)17(12-13)27(24,25)21-15-7-5-14(6-8-15)18(23)19-20-10-11-22(19)2/h4-12,18,21,23H,1-3H3/t18-/m0/s1. The molecule has 0 unspecified atom stereocenters. The van der Waals surface area contributed by atoms with Gasteiger partial charge in [-0.25, -0.2) is 13.4 Å². The quantitative estimate of drug-likeness (QED) is 0.678. The van der Waals surface area contributed by atoms with Crippen LogP contribution in [-0.2, 0) is 17.1 Å². The highest BCUT2D eigenvalue weighted by Crippen LogP contribution is 2.28. The van der Waals surface area contributed by atoms with Gasteiger partial charge in [0.05, 0.1) is 7.11 Å². The minimum atomic E-state index is -3.82. The van der Waals surface area contributed by atoms with Crippen LogP contribution >= 0.6 is 0 Å². The largest absolute Gasteiger partial charge is 0.495 e. The summed E-state index contributed by atoms with van der Waals surface area (Å²) in [6.45, 7) is 1.81. The minimum absolute atomic E-state index is 0.0714. The number of aryl methyl sites for hydroxylation is 2. The van der Waals surface area contributed by atoms with Gasteiger partial charge in [0, 0.05) is 25.1 Å². The second-order valence-corrected chi connectivity index (χ2v) is 7.83. The third kappa shape index (κ3) is 3.96. The Morgan fingerprint density at radius 3 is 2.48 bits per heavy atom. The second kappa shape index (κ2) is 7.42. The van der Waals surface area contributed by atoms with E-state index in [1.807, 2.05) is 6.92 Å². The first-order valence-corrected chi connectivity index (χ1v) is 9.73. The van der Waals surface area contributed by atoms with Gasteiger partial charge in [0.25, 0.3) is 10.0 Å². The molecule has 1 atom stereocenters. The lowest BCUT2D eigenvalue weighted by Gasteiger charge is -2.14. The average Bonchev–Trinajstić information content (AvgIpc) is 3.07. The van der Waals surface area contributed by atoms with Gasteiger partial charge >= 0.3 is 0 Å². The van der Waals surface area contributed by atoms with Gasteiger partial charge < -0.3 is 14.4 Å². The zero-order valence-corrected chi connectivity index (χ0v) is 16.1. The molecule has 1 heterocycles. The summed E-state index contributed by atoms with van der Waals surface area (Å²) in [4.78, 5) is 4.20. The highest BCUT2D eigenvalue weighted by molar-refractivity contribution is 7.92. The maximum Gasteiger partial charge on any atom is 0.265 e. The number of nitrogens with zero attached hydrogens (tertiary/aromatic N) is 2. The number of hydrogen-bond donors (Lipinski definition) is 2. The maximum atomic E-state index is 12.7. The number of aliphatic hydroxyl groups excluding tert-OH is 1. The molecule has 2 N–H and O–H groups in total. The highest BCUT2D eigenvalue weighted by atomic mass is 32.2. The Morgan fingerprint density at radius 1 is 1.19 bits per heavy atom. The van der Waals surface area contributed by atoms with Crippen molar-refractivity contribution in [2.75, 3.05) is 11.8 Å². The van der Waals surface area contributed by atoms with E-state index in [9.17, 15) is 13.5 Å². The molecular formula is C19H21N3O4S. The number of ether oxygens (including phenoxy) is 1. The van der Waals surface area contributed by atoms with Crippen LogP contribution in [0, 0.1) is 6.92 Å². The zero-order chi connectivity index (χ0) is 19.6. The SMILES string of the molecule is COc1ccc(C)cc1S(=O)(=O)Nc1ccc([C@H](O)c2nccn2C)cc1. The number of benzene rings is 2. The van der Waals surface area contributed by atoms with E-state index >= 15 is 0 Å². The Labute approximate surface area is 158 Å². The van der Waals surface area contributed by atoms with Crippen molar-refractivity contribution in [2.45, 2.75) is 17.9 Å². The molecule has 0 radical (unpaired) electrons. The van der Waals surface area contributed by atoms with Crippen LogP contribution in [0.5, 0.6) is 5.75 Å². The summed E-state index contributed by atoms with van der Waals surface area (Å²) in [6, 6.07) is 11.5. The van der Waals surface area contributed by atoms with Gasteiger partial charge in [0.1, 0.15) is 22.6 Å². The molecule has 0 spiro atoms. The number of anilines is 1. The van der Waals surface area contributed by atoms with Gasteiger partial charge in [-0.3, -0.25) is 4.72 Å². The summed E-state index contributed by atoms with van der Waals surface area (Å²) in [6.07, 6.45) is 2.46. The molecule has 7 nitrogen and oxygen atoms in total. The first kappa shape index (κ1) is 18.9. The van der Waals surface area contributed by atoms with Crippen molar-refractivity contribution in [3.8, 4) is 5.75 Å². The van der Waals surface area contributed by atoms with Crippen LogP contribution in [0.4, 0.5) is 5.69 Å². The van der Waals surface area contributed by atoms with Gasteiger partial charge in [0.15, 0.2) is 0 Å². The highest BCUT2D eigenvalue weighted by Gasteiger charge is 2.20. The first-order valence-electron chi connectivity index (χ1n) is 8.24. The Bertz CT molecular complexity index is 1040. The Kier molecular flexibility index (Phi) is 5.20. The van der Waals surface area contributed by atoms with Crippen molar-refractivity contribution in [1.29, 1.82) is 0 Å². The predicted molar refractivity (Wildman–Crippen MR) is 102 cm³/mol. The second-order valence-electron chi connectivity index (χ2n) is 6.18. The number of hydrogen-bond acceptors (Lipinski definition) is 5. The van der Waals surface area contributed by atoms with Gasteiger partial charge in [-0.1, -0.05) is 18.2 Å². The van der Waals surface area contributed by atoms with E-state index in [0.29, 0.717) is 17.1 Å². The summed E-state index contributed by atoms with van der Waals surface area (Å²) in [5.41, 5.74) is 1.81. The van der Waals surface area contributed by atoms with Gasteiger partial charge in [0.2, 0.25) is 0 Å². The molecule has 0 aliphatic rings. The van der Waals surface area contributed by atoms with Crippen molar-refractivity contribution >= 4 is 15.7 Å². The van der Waals surface area contributed by atoms with Gasteiger partial charge in [-0.05, 0) is 42.3 Å². The fourth-order valence-corrected chi connectivity index (χ4v) is 4.04. The van der Waals surface area contributed by atoms with Crippen LogP contribution in [0.15, 0.2) is 59.8 Å². The van der Waals surface area contributed by atoms with Crippen molar-refractivity contribution in [1.82, 2.24) is 9.55 Å². The van der Waals surface area contributed by atoms with Crippen molar-refractivity contribution < 1.29 is 18.3 Å². The first-order chi connectivity index (χ1) is 12.8. The molecule has 0 aliphatic heterocycles. The number of rotatable bonds is 6. The third-order valence-corrected chi connectivity index (χ3v) is 5.59. The van der Waals surface area contributed by atoms with Gasteiger partial charge in [-0.2, -0.15) is 0 Å². The monoisotopic (exact) mass is 387 g/mol. The van der Waals surface area contributed by atoms with E-state index in [1.54, 1.807) is 66.5 Å². The zero-order valence-electron chi connectivity index (χ0n) is 15.2. The van der Waals surface area contributed by atoms with Crippen LogP contribution in [0.2, 0.25) is 0 Å². The van der Waals surface area contributed by atoms with Crippen molar-refractivity contribution in [2.24, 2.45) is 7.05 Å². The number of aliphatic hydroxyl groups is 1. The Balaban J connectivity index is 1.84. The molecule has 0 amide bonds. The molecule has 0 saturated heterocycles. The molecular weight excluding hydrogens is 366 g/mol. The summed E-state index contributed by atoms with van der Waals surface area (Å²) >= 11 is 0. The fraction of sp³-hybridized carbons (Fsp3) is 0.211. The number of imidazole rings is 1. The van der Waals surface area contributed by atoms with E-state index in [2.05, 4.69) is 9.71 Å². The van der Waals surface area contributed by atoms with Crippen LogP contribution in [0.25, 0.3) is 0 Å². The number of nitrogens with one attached hydrogen (secondary N) is 1. The maximum absolute atomic E-state index is 12.7. The van der Waals surface area contributed by atoms with Crippen LogP contribution in [0.1, 0.15) is 23.1 Å². The Morgan fingerprint density at radius 2 is 1.89 bits per heavy atom. The topological polar surface area (TPSA) is 93.5 Å².